The molecular formula is C17H21NO3. The van der Waals surface area contributed by atoms with Crippen LogP contribution >= 0.6 is 0 Å². The van der Waals surface area contributed by atoms with E-state index in [1.54, 1.807) is 26.4 Å². The molecule has 4 nitrogen and oxygen atoms in total. The van der Waals surface area contributed by atoms with Crippen molar-refractivity contribution in [2.24, 2.45) is 0 Å². The molecule has 0 aliphatic rings. The summed E-state index contributed by atoms with van der Waals surface area (Å²) in [7, 11) is 3.30. The van der Waals surface area contributed by atoms with Crippen molar-refractivity contribution in [2.45, 2.75) is 13.0 Å². The van der Waals surface area contributed by atoms with Crippen LogP contribution in [0.3, 0.4) is 0 Å². The van der Waals surface area contributed by atoms with E-state index in [0.29, 0.717) is 6.54 Å². The van der Waals surface area contributed by atoms with Gasteiger partial charge in [0, 0.05) is 12.1 Å². The number of rotatable bonds is 7. The van der Waals surface area contributed by atoms with Gasteiger partial charge in [0.05, 0.1) is 14.2 Å². The molecule has 0 amide bonds. The van der Waals surface area contributed by atoms with Crippen LogP contribution in [-0.2, 0) is 13.0 Å². The molecule has 2 N–H and O–H groups in total. The van der Waals surface area contributed by atoms with Crippen LogP contribution in [0.15, 0.2) is 42.5 Å². The van der Waals surface area contributed by atoms with Gasteiger partial charge < -0.3 is 19.9 Å². The van der Waals surface area contributed by atoms with Crippen molar-refractivity contribution in [3.05, 3.63) is 53.6 Å². The number of hydrogen-bond acceptors (Lipinski definition) is 4. The molecule has 4 heteroatoms. The Labute approximate surface area is 125 Å². The zero-order chi connectivity index (χ0) is 15.1. The van der Waals surface area contributed by atoms with Gasteiger partial charge in [-0.3, -0.25) is 0 Å². The largest absolute Gasteiger partial charge is 0.508 e. The summed E-state index contributed by atoms with van der Waals surface area (Å²) < 4.78 is 10.5. The lowest BCUT2D eigenvalue weighted by molar-refractivity contribution is 0.408. The summed E-state index contributed by atoms with van der Waals surface area (Å²) in [6.45, 7) is 1.40. The van der Waals surface area contributed by atoms with Gasteiger partial charge in [0.2, 0.25) is 0 Å². The molecule has 2 aromatic carbocycles. The number of phenolic OH excluding ortho intramolecular Hbond substituents is 1. The summed E-state index contributed by atoms with van der Waals surface area (Å²) in [5.74, 6) is 1.93. The van der Waals surface area contributed by atoms with E-state index in [-0.39, 0.29) is 5.75 Å². The lowest BCUT2D eigenvalue weighted by atomic mass is 10.1. The predicted molar refractivity (Wildman–Crippen MR) is 83.1 cm³/mol. The number of benzene rings is 2. The van der Waals surface area contributed by atoms with Crippen molar-refractivity contribution < 1.29 is 14.6 Å². The van der Waals surface area contributed by atoms with Gasteiger partial charge in [0.1, 0.15) is 17.2 Å². The van der Waals surface area contributed by atoms with Crippen LogP contribution in [0, 0.1) is 0 Å². The molecule has 0 unspecified atom stereocenters. The smallest absolute Gasteiger partial charge is 0.122 e. The number of methoxy groups -OCH3 is 2. The van der Waals surface area contributed by atoms with E-state index in [2.05, 4.69) is 11.4 Å². The van der Waals surface area contributed by atoms with Gasteiger partial charge in [0.15, 0.2) is 0 Å². The average molecular weight is 287 g/mol. The van der Waals surface area contributed by atoms with Crippen LogP contribution < -0.4 is 14.8 Å². The van der Waals surface area contributed by atoms with E-state index in [4.69, 9.17) is 9.47 Å². The van der Waals surface area contributed by atoms with Crippen molar-refractivity contribution in [2.75, 3.05) is 20.8 Å². The van der Waals surface area contributed by atoms with Gasteiger partial charge in [-0.25, -0.2) is 0 Å². The molecular weight excluding hydrogens is 266 g/mol. The molecule has 0 atom stereocenters. The van der Waals surface area contributed by atoms with Crippen molar-refractivity contribution in [1.82, 2.24) is 5.32 Å². The van der Waals surface area contributed by atoms with E-state index >= 15 is 0 Å². The van der Waals surface area contributed by atoms with Crippen LogP contribution in [-0.4, -0.2) is 25.9 Å². The summed E-state index contributed by atoms with van der Waals surface area (Å²) in [4.78, 5) is 0. The van der Waals surface area contributed by atoms with E-state index in [9.17, 15) is 5.11 Å². The maximum absolute atomic E-state index is 9.81. The van der Waals surface area contributed by atoms with Gasteiger partial charge in [-0.05, 0) is 42.8 Å². The highest BCUT2D eigenvalue weighted by molar-refractivity contribution is 5.39. The maximum Gasteiger partial charge on any atom is 0.122 e. The Bertz CT molecular complexity index is 584. The van der Waals surface area contributed by atoms with E-state index in [0.717, 1.165) is 30.0 Å². The van der Waals surface area contributed by atoms with Crippen LogP contribution in [0.4, 0.5) is 0 Å². The van der Waals surface area contributed by atoms with Crippen molar-refractivity contribution in [1.29, 1.82) is 0 Å². The summed E-state index contributed by atoms with van der Waals surface area (Å²) in [5.41, 5.74) is 2.00. The quantitative estimate of drug-likeness (QED) is 0.769. The first-order valence-corrected chi connectivity index (χ1v) is 6.93. The zero-order valence-corrected chi connectivity index (χ0v) is 12.4. The summed E-state index contributed by atoms with van der Waals surface area (Å²) >= 11 is 0. The van der Waals surface area contributed by atoms with E-state index < -0.39 is 0 Å². The third-order valence-corrected chi connectivity index (χ3v) is 3.37. The highest BCUT2D eigenvalue weighted by Crippen LogP contribution is 2.22. The number of ether oxygens (including phenoxy) is 2. The van der Waals surface area contributed by atoms with Gasteiger partial charge in [0.25, 0.3) is 0 Å². The SMILES string of the molecule is COc1ccc(O)c(CNCCc2ccccc2OC)c1. The Morgan fingerprint density at radius 3 is 2.57 bits per heavy atom. The maximum atomic E-state index is 9.81. The van der Waals surface area contributed by atoms with Gasteiger partial charge in [-0.2, -0.15) is 0 Å². The Kier molecular flexibility index (Phi) is 5.46. The molecule has 0 saturated carbocycles. The fourth-order valence-corrected chi connectivity index (χ4v) is 2.19. The lowest BCUT2D eigenvalue weighted by Crippen LogP contribution is -2.17. The Hall–Kier alpha value is -2.20. The standard InChI is InChI=1S/C17H21NO3/c1-20-15-7-8-16(19)14(11-15)12-18-10-9-13-5-3-4-6-17(13)21-2/h3-8,11,18-19H,9-10,12H2,1-2H3. The minimum absolute atomic E-state index is 0.278. The van der Waals surface area contributed by atoms with Gasteiger partial charge >= 0.3 is 0 Å². The average Bonchev–Trinajstić information content (AvgIpc) is 2.53. The highest BCUT2D eigenvalue weighted by atomic mass is 16.5. The summed E-state index contributed by atoms with van der Waals surface area (Å²) in [5, 5.41) is 13.1. The van der Waals surface area contributed by atoms with Crippen LogP contribution in [0.5, 0.6) is 17.2 Å². The number of phenols is 1. The summed E-state index contributed by atoms with van der Waals surface area (Å²) in [6.07, 6.45) is 0.870. The normalized spacial score (nSPS) is 10.4. The Morgan fingerprint density at radius 2 is 1.81 bits per heavy atom. The molecule has 0 radical (unpaired) electrons. The lowest BCUT2D eigenvalue weighted by Gasteiger charge is -2.10. The molecule has 0 bridgehead atoms. The van der Waals surface area contributed by atoms with Crippen molar-refractivity contribution in [3.63, 3.8) is 0 Å². The van der Waals surface area contributed by atoms with Gasteiger partial charge in [-0.15, -0.1) is 0 Å². The monoisotopic (exact) mass is 287 g/mol. The third kappa shape index (κ3) is 4.13. The third-order valence-electron chi connectivity index (χ3n) is 3.37. The number of para-hydroxylation sites is 1. The fourth-order valence-electron chi connectivity index (χ4n) is 2.19. The highest BCUT2D eigenvalue weighted by Gasteiger charge is 2.04. The summed E-state index contributed by atoms with van der Waals surface area (Å²) in [6, 6.07) is 13.2. The van der Waals surface area contributed by atoms with Crippen LogP contribution in [0.2, 0.25) is 0 Å². The molecule has 0 saturated heterocycles. The van der Waals surface area contributed by atoms with Gasteiger partial charge in [-0.1, -0.05) is 18.2 Å². The van der Waals surface area contributed by atoms with Crippen molar-refractivity contribution in [3.8, 4) is 17.2 Å². The molecule has 21 heavy (non-hydrogen) atoms. The first-order valence-electron chi connectivity index (χ1n) is 6.93. The van der Waals surface area contributed by atoms with Crippen LogP contribution in [0.1, 0.15) is 11.1 Å². The molecule has 0 aliphatic heterocycles. The molecule has 2 aromatic rings. The molecule has 0 aliphatic carbocycles. The Morgan fingerprint density at radius 1 is 1.00 bits per heavy atom. The second kappa shape index (κ2) is 7.55. The zero-order valence-electron chi connectivity index (χ0n) is 12.4. The van der Waals surface area contributed by atoms with E-state index in [1.807, 2.05) is 24.3 Å². The molecule has 2 rings (SSSR count). The fraction of sp³-hybridized carbons (Fsp3) is 0.294. The molecule has 112 valence electrons. The molecule has 0 fully saturated rings. The number of nitrogens with one attached hydrogen (secondary N) is 1. The van der Waals surface area contributed by atoms with Crippen LogP contribution in [0.25, 0.3) is 0 Å². The minimum Gasteiger partial charge on any atom is -0.508 e. The second-order valence-electron chi connectivity index (χ2n) is 4.73. The number of aromatic hydroxyl groups is 1. The minimum atomic E-state index is 0.278. The topological polar surface area (TPSA) is 50.7 Å². The molecule has 0 spiro atoms. The van der Waals surface area contributed by atoms with Crippen molar-refractivity contribution >= 4 is 0 Å². The first kappa shape index (κ1) is 15.2. The molecule has 0 heterocycles. The Balaban J connectivity index is 1.87. The number of hydrogen-bond donors (Lipinski definition) is 2. The van der Waals surface area contributed by atoms with E-state index in [1.165, 1.54) is 5.56 Å². The predicted octanol–water partition coefficient (Wildman–Crippen LogP) is 2.74. The molecule has 0 aromatic heterocycles. The first-order chi connectivity index (χ1) is 10.2. The second-order valence-corrected chi connectivity index (χ2v) is 4.73.